The second-order valence-corrected chi connectivity index (χ2v) is 5.11. The summed E-state index contributed by atoms with van der Waals surface area (Å²) in [5.41, 5.74) is 0. The van der Waals surface area contributed by atoms with Crippen LogP contribution in [0.15, 0.2) is 29.4 Å². The van der Waals surface area contributed by atoms with Crippen LogP contribution in [0.1, 0.15) is 11.9 Å². The van der Waals surface area contributed by atoms with E-state index in [0.717, 1.165) is 22.4 Å². The third-order valence-electron chi connectivity index (χ3n) is 1.81. The van der Waals surface area contributed by atoms with E-state index in [-0.39, 0.29) is 0 Å². The zero-order valence-electron chi connectivity index (χ0n) is 8.88. The molecule has 0 unspecified atom stereocenters. The van der Waals surface area contributed by atoms with E-state index in [2.05, 4.69) is 20.5 Å². The van der Waals surface area contributed by atoms with Crippen LogP contribution in [0.25, 0.3) is 0 Å². The van der Waals surface area contributed by atoms with Crippen LogP contribution in [0.3, 0.4) is 0 Å². The molecule has 0 saturated heterocycles. The van der Waals surface area contributed by atoms with E-state index in [9.17, 15) is 0 Å². The van der Waals surface area contributed by atoms with Crippen molar-refractivity contribution in [2.75, 3.05) is 11.9 Å². The molecular weight excluding hydrogens is 240 g/mol. The molecule has 0 aromatic carbocycles. The van der Waals surface area contributed by atoms with Crippen molar-refractivity contribution in [2.24, 2.45) is 0 Å². The predicted octanol–water partition coefficient (Wildman–Crippen LogP) is 2.66. The molecule has 0 radical (unpaired) electrons. The minimum atomic E-state index is 0.854. The van der Waals surface area contributed by atoms with Crippen LogP contribution in [0, 0.1) is 0 Å². The monoisotopic (exact) mass is 252 g/mol. The van der Waals surface area contributed by atoms with Gasteiger partial charge >= 0.3 is 0 Å². The summed E-state index contributed by atoms with van der Waals surface area (Å²) < 4.78 is 0. The highest BCUT2D eigenvalue weighted by molar-refractivity contribution is 7.98. The zero-order valence-corrected chi connectivity index (χ0v) is 10.5. The van der Waals surface area contributed by atoms with E-state index in [0.29, 0.717) is 0 Å². The molecule has 4 nitrogen and oxygen atoms in total. The number of nitrogens with one attached hydrogen (secondary N) is 1. The van der Waals surface area contributed by atoms with Crippen LogP contribution in [0.4, 0.5) is 5.13 Å². The first-order valence-corrected chi connectivity index (χ1v) is 6.77. The largest absolute Gasteiger partial charge is 0.360 e. The molecule has 0 spiro atoms. The van der Waals surface area contributed by atoms with Gasteiger partial charge in [-0.15, -0.1) is 22.0 Å². The molecule has 2 rings (SSSR count). The molecular formula is C10H12N4S2. The van der Waals surface area contributed by atoms with Gasteiger partial charge in [0.25, 0.3) is 0 Å². The van der Waals surface area contributed by atoms with Crippen LogP contribution < -0.4 is 5.32 Å². The Balaban J connectivity index is 1.89. The summed E-state index contributed by atoms with van der Waals surface area (Å²) in [4.78, 5) is 5.18. The van der Waals surface area contributed by atoms with Crippen LogP contribution in [-0.4, -0.2) is 21.7 Å². The molecule has 1 N–H and O–H groups in total. The Bertz CT molecular complexity index is 429. The molecule has 2 aromatic heterocycles. The first kappa shape index (κ1) is 11.3. The van der Waals surface area contributed by atoms with Gasteiger partial charge in [-0.25, -0.2) is 0 Å². The molecule has 0 atom stereocenters. The fraction of sp³-hybridized carbons (Fsp3) is 0.300. The smallest absolute Gasteiger partial charge is 0.205 e. The number of pyridine rings is 1. The maximum atomic E-state index is 4.12. The Hall–Kier alpha value is -1.14. The van der Waals surface area contributed by atoms with E-state index in [1.54, 1.807) is 35.5 Å². The lowest BCUT2D eigenvalue weighted by Crippen LogP contribution is -1.94. The number of rotatable bonds is 5. The molecule has 84 valence electrons. The molecule has 0 amide bonds. The molecule has 6 heteroatoms. The van der Waals surface area contributed by atoms with Crippen molar-refractivity contribution >= 4 is 28.2 Å². The highest BCUT2D eigenvalue weighted by atomic mass is 32.2. The second kappa shape index (κ2) is 5.81. The quantitative estimate of drug-likeness (QED) is 0.829. The van der Waals surface area contributed by atoms with Crippen molar-refractivity contribution in [3.05, 3.63) is 29.5 Å². The van der Waals surface area contributed by atoms with Gasteiger partial charge in [-0.05, 0) is 19.1 Å². The van der Waals surface area contributed by atoms with E-state index < -0.39 is 0 Å². The van der Waals surface area contributed by atoms with Gasteiger partial charge in [0.15, 0.2) is 0 Å². The fourth-order valence-electron chi connectivity index (χ4n) is 1.11. The highest BCUT2D eigenvalue weighted by Crippen LogP contribution is 2.25. The Morgan fingerprint density at radius 1 is 1.31 bits per heavy atom. The maximum Gasteiger partial charge on any atom is 0.205 e. The molecule has 2 heterocycles. The van der Waals surface area contributed by atoms with Crippen molar-refractivity contribution in [3.63, 3.8) is 0 Å². The van der Waals surface area contributed by atoms with Gasteiger partial charge in [-0.2, -0.15) is 0 Å². The fourth-order valence-corrected chi connectivity index (χ4v) is 2.79. The molecule has 0 saturated carbocycles. The summed E-state index contributed by atoms with van der Waals surface area (Å²) in [5, 5.41) is 13.3. The van der Waals surface area contributed by atoms with Crippen molar-refractivity contribution < 1.29 is 0 Å². The van der Waals surface area contributed by atoms with Crippen molar-refractivity contribution in [1.29, 1.82) is 0 Å². The number of thioether (sulfide) groups is 1. The van der Waals surface area contributed by atoms with Crippen molar-refractivity contribution in [3.8, 4) is 0 Å². The third kappa shape index (κ3) is 3.18. The summed E-state index contributed by atoms with van der Waals surface area (Å²) in [5.74, 6) is 0.854. The van der Waals surface area contributed by atoms with E-state index in [1.807, 2.05) is 19.1 Å². The van der Waals surface area contributed by atoms with Gasteiger partial charge in [0.1, 0.15) is 5.01 Å². The average molecular weight is 252 g/mol. The number of aromatic nitrogens is 3. The molecule has 2 aromatic rings. The summed E-state index contributed by atoms with van der Waals surface area (Å²) >= 11 is 3.35. The number of anilines is 1. The minimum absolute atomic E-state index is 0.854. The topological polar surface area (TPSA) is 50.7 Å². The van der Waals surface area contributed by atoms with Gasteiger partial charge in [0.2, 0.25) is 5.13 Å². The lowest BCUT2D eigenvalue weighted by Gasteiger charge is -1.96. The van der Waals surface area contributed by atoms with Crippen LogP contribution in [0.5, 0.6) is 0 Å². The summed E-state index contributed by atoms with van der Waals surface area (Å²) in [6, 6.07) is 3.99. The molecule has 0 aliphatic rings. The SMILES string of the molecule is CCNc1nnc(CSc2ccncc2)s1. The van der Waals surface area contributed by atoms with E-state index >= 15 is 0 Å². The summed E-state index contributed by atoms with van der Waals surface area (Å²) in [6.07, 6.45) is 3.60. The first-order chi connectivity index (χ1) is 7.88. The first-order valence-electron chi connectivity index (χ1n) is 4.97. The summed E-state index contributed by atoms with van der Waals surface area (Å²) in [7, 11) is 0. The minimum Gasteiger partial charge on any atom is -0.360 e. The lowest BCUT2D eigenvalue weighted by molar-refractivity contribution is 1.03. The van der Waals surface area contributed by atoms with E-state index in [1.165, 1.54) is 4.90 Å². The van der Waals surface area contributed by atoms with E-state index in [4.69, 9.17) is 0 Å². The standard InChI is InChI=1S/C10H12N4S2/c1-2-12-10-14-13-9(16-10)7-15-8-3-5-11-6-4-8/h3-6H,2,7H2,1H3,(H,12,14). The molecule has 0 fully saturated rings. The Morgan fingerprint density at radius 3 is 2.88 bits per heavy atom. The zero-order chi connectivity index (χ0) is 11.2. The molecule has 0 aliphatic carbocycles. The Kier molecular flexibility index (Phi) is 4.12. The average Bonchev–Trinajstić information content (AvgIpc) is 2.76. The lowest BCUT2D eigenvalue weighted by atomic mass is 10.5. The number of nitrogens with zero attached hydrogens (tertiary/aromatic N) is 3. The van der Waals surface area contributed by atoms with Gasteiger partial charge in [0.05, 0.1) is 5.75 Å². The normalized spacial score (nSPS) is 10.3. The second-order valence-electron chi connectivity index (χ2n) is 3.00. The Labute approximate surface area is 103 Å². The highest BCUT2D eigenvalue weighted by Gasteiger charge is 2.03. The number of hydrogen-bond donors (Lipinski definition) is 1. The summed E-state index contributed by atoms with van der Waals surface area (Å²) in [6.45, 7) is 2.93. The predicted molar refractivity (Wildman–Crippen MR) is 67.9 cm³/mol. The van der Waals surface area contributed by atoms with Crippen molar-refractivity contribution in [1.82, 2.24) is 15.2 Å². The molecule has 16 heavy (non-hydrogen) atoms. The third-order valence-corrected chi connectivity index (χ3v) is 3.89. The Morgan fingerprint density at radius 2 is 2.12 bits per heavy atom. The van der Waals surface area contributed by atoms with Gasteiger partial charge in [-0.3, -0.25) is 4.98 Å². The van der Waals surface area contributed by atoms with Crippen molar-refractivity contribution in [2.45, 2.75) is 17.6 Å². The van der Waals surface area contributed by atoms with Crippen LogP contribution >= 0.6 is 23.1 Å². The number of hydrogen-bond acceptors (Lipinski definition) is 6. The van der Waals surface area contributed by atoms with Crippen LogP contribution in [-0.2, 0) is 5.75 Å². The van der Waals surface area contributed by atoms with Gasteiger partial charge < -0.3 is 5.32 Å². The molecule has 0 aliphatic heterocycles. The van der Waals surface area contributed by atoms with Gasteiger partial charge in [0, 0.05) is 23.8 Å². The van der Waals surface area contributed by atoms with Crippen LogP contribution in [0.2, 0.25) is 0 Å². The van der Waals surface area contributed by atoms with Gasteiger partial charge in [-0.1, -0.05) is 11.3 Å². The molecule has 0 bridgehead atoms. The maximum absolute atomic E-state index is 4.12.